The number of nitrogens with zero attached hydrogens (tertiary/aromatic N) is 1. The minimum absolute atomic E-state index is 0.185. The summed E-state index contributed by atoms with van der Waals surface area (Å²) in [7, 11) is 0. The first-order valence-electron chi connectivity index (χ1n) is 6.10. The van der Waals surface area contributed by atoms with Crippen LogP contribution in [0.1, 0.15) is 31.3 Å². The van der Waals surface area contributed by atoms with Crippen LogP contribution in [0.5, 0.6) is 0 Å². The van der Waals surface area contributed by atoms with E-state index >= 15 is 0 Å². The van der Waals surface area contributed by atoms with Gasteiger partial charge in [0.15, 0.2) is 17.4 Å². The van der Waals surface area contributed by atoms with Crippen LogP contribution >= 0.6 is 11.3 Å². The molecule has 0 radical (unpaired) electrons. The first-order valence-corrected chi connectivity index (χ1v) is 6.98. The average molecular weight is 297 g/mol. The smallest absolute Gasteiger partial charge is 0.358 e. The molecule has 1 aromatic heterocycles. The largest absolute Gasteiger partial charge is 0.451 e. The van der Waals surface area contributed by atoms with Crippen molar-refractivity contribution >= 4 is 28.3 Å². The van der Waals surface area contributed by atoms with Crippen molar-refractivity contribution in [2.75, 3.05) is 18.5 Å². The van der Waals surface area contributed by atoms with Gasteiger partial charge in [-0.25, -0.2) is 9.78 Å². The van der Waals surface area contributed by atoms with Crippen LogP contribution in [0.4, 0.5) is 5.13 Å². The molecule has 110 valence electrons. The Morgan fingerprint density at radius 3 is 2.80 bits per heavy atom. The lowest BCUT2D eigenvalue weighted by molar-refractivity contribution is -0.125. The number of rotatable bonds is 6. The van der Waals surface area contributed by atoms with E-state index in [0.717, 1.165) is 0 Å². The van der Waals surface area contributed by atoms with Crippen molar-refractivity contribution in [3.63, 3.8) is 0 Å². The van der Waals surface area contributed by atoms with Crippen molar-refractivity contribution in [2.24, 2.45) is 0 Å². The molecule has 6 nitrogen and oxygen atoms in total. The Balaban J connectivity index is 2.44. The Morgan fingerprint density at radius 2 is 2.20 bits per heavy atom. The highest BCUT2D eigenvalue weighted by atomic mass is 32.1. The number of hydrogen-bond donors (Lipinski definition) is 2. The second kappa shape index (κ2) is 7.04. The summed E-state index contributed by atoms with van der Waals surface area (Å²) in [5, 5.41) is 7.86. The summed E-state index contributed by atoms with van der Waals surface area (Å²) >= 11 is 1.29. The fraction of sp³-hybridized carbons (Fsp3) is 0.462. The van der Waals surface area contributed by atoms with Crippen molar-refractivity contribution < 1.29 is 14.3 Å². The number of anilines is 1. The standard InChI is InChI=1S/C13H19N3O3S/c1-5-6-14-12-15-9(8-20-12)11(18)19-7-10(17)16-13(2,3)4/h5,8H,1,6-7H2,2-4H3,(H,14,15)(H,16,17). The maximum Gasteiger partial charge on any atom is 0.358 e. The van der Waals surface area contributed by atoms with E-state index in [1.165, 1.54) is 11.3 Å². The summed E-state index contributed by atoms with van der Waals surface area (Å²) < 4.78 is 4.90. The third-order valence-corrected chi connectivity index (χ3v) is 2.76. The van der Waals surface area contributed by atoms with E-state index in [1.807, 2.05) is 20.8 Å². The number of hydrogen-bond acceptors (Lipinski definition) is 6. The zero-order valence-corrected chi connectivity index (χ0v) is 12.7. The van der Waals surface area contributed by atoms with Gasteiger partial charge < -0.3 is 15.4 Å². The second-order valence-electron chi connectivity index (χ2n) is 5.08. The molecule has 0 fully saturated rings. The molecule has 0 bridgehead atoms. The summed E-state index contributed by atoms with van der Waals surface area (Å²) in [5.74, 6) is -0.956. The number of carbonyl (C=O) groups is 2. The zero-order valence-electron chi connectivity index (χ0n) is 11.9. The Bertz CT molecular complexity index is 491. The maximum atomic E-state index is 11.7. The van der Waals surface area contributed by atoms with Crippen LogP contribution in [0.3, 0.4) is 0 Å². The van der Waals surface area contributed by atoms with Gasteiger partial charge in [0.05, 0.1) is 0 Å². The van der Waals surface area contributed by atoms with Gasteiger partial charge in [0.25, 0.3) is 5.91 Å². The lowest BCUT2D eigenvalue weighted by Crippen LogP contribution is -2.42. The van der Waals surface area contributed by atoms with Crippen LogP contribution in [0.2, 0.25) is 0 Å². The van der Waals surface area contributed by atoms with Gasteiger partial charge in [-0.3, -0.25) is 4.79 Å². The third-order valence-electron chi connectivity index (χ3n) is 1.96. The second-order valence-corrected chi connectivity index (χ2v) is 5.94. The molecule has 1 heterocycles. The van der Waals surface area contributed by atoms with Crippen LogP contribution in [0.25, 0.3) is 0 Å². The monoisotopic (exact) mass is 297 g/mol. The van der Waals surface area contributed by atoms with Gasteiger partial charge in [-0.05, 0) is 20.8 Å². The molecule has 0 aliphatic heterocycles. The summed E-state index contributed by atoms with van der Waals surface area (Å²) in [5.41, 5.74) is -0.170. The predicted molar refractivity (Wildman–Crippen MR) is 79.0 cm³/mol. The molecule has 2 N–H and O–H groups in total. The summed E-state index contributed by atoms with van der Waals surface area (Å²) in [4.78, 5) is 27.3. The lowest BCUT2D eigenvalue weighted by Gasteiger charge is -2.20. The maximum absolute atomic E-state index is 11.7. The third kappa shape index (κ3) is 5.83. The van der Waals surface area contributed by atoms with E-state index in [4.69, 9.17) is 4.74 Å². The van der Waals surface area contributed by atoms with E-state index < -0.39 is 5.97 Å². The quantitative estimate of drug-likeness (QED) is 0.618. The van der Waals surface area contributed by atoms with E-state index in [2.05, 4.69) is 22.2 Å². The molecule has 0 aromatic carbocycles. The fourth-order valence-corrected chi connectivity index (χ4v) is 1.96. The van der Waals surface area contributed by atoms with Gasteiger partial charge in [0.2, 0.25) is 0 Å². The highest BCUT2D eigenvalue weighted by Gasteiger charge is 2.17. The Morgan fingerprint density at radius 1 is 1.50 bits per heavy atom. The van der Waals surface area contributed by atoms with Crippen molar-refractivity contribution in [1.82, 2.24) is 10.3 Å². The number of thiazole rings is 1. The molecule has 0 saturated carbocycles. The average Bonchev–Trinajstić information content (AvgIpc) is 2.80. The first-order chi connectivity index (χ1) is 9.31. The molecular formula is C13H19N3O3S. The topological polar surface area (TPSA) is 80.3 Å². The highest BCUT2D eigenvalue weighted by molar-refractivity contribution is 7.13. The molecule has 1 amide bonds. The minimum atomic E-state index is -0.614. The molecular weight excluding hydrogens is 278 g/mol. The summed E-state index contributed by atoms with van der Waals surface area (Å²) in [6.07, 6.45) is 1.69. The zero-order chi connectivity index (χ0) is 15.2. The number of aromatic nitrogens is 1. The number of nitrogens with one attached hydrogen (secondary N) is 2. The molecule has 0 aliphatic rings. The first kappa shape index (κ1) is 16.2. The SMILES string of the molecule is C=CCNc1nc(C(=O)OCC(=O)NC(C)(C)C)cs1. The van der Waals surface area contributed by atoms with Crippen molar-refractivity contribution in [3.05, 3.63) is 23.7 Å². The Kier molecular flexibility index (Phi) is 5.69. The Labute approximate surface area is 122 Å². The van der Waals surface area contributed by atoms with Crippen molar-refractivity contribution in [3.8, 4) is 0 Å². The molecule has 1 rings (SSSR count). The lowest BCUT2D eigenvalue weighted by atomic mass is 10.1. The normalized spacial score (nSPS) is 10.8. The fourth-order valence-electron chi connectivity index (χ4n) is 1.27. The summed E-state index contributed by atoms with van der Waals surface area (Å²) in [6.45, 7) is 9.38. The predicted octanol–water partition coefficient (Wildman–Crippen LogP) is 1.81. The van der Waals surface area contributed by atoms with Gasteiger partial charge >= 0.3 is 5.97 Å². The molecule has 0 saturated heterocycles. The Hall–Kier alpha value is -1.89. The van der Waals surface area contributed by atoms with E-state index in [1.54, 1.807) is 11.5 Å². The van der Waals surface area contributed by atoms with Crippen molar-refractivity contribution in [1.29, 1.82) is 0 Å². The molecule has 0 aliphatic carbocycles. The van der Waals surface area contributed by atoms with E-state index in [-0.39, 0.29) is 23.7 Å². The highest BCUT2D eigenvalue weighted by Crippen LogP contribution is 2.15. The summed E-state index contributed by atoms with van der Waals surface area (Å²) in [6, 6.07) is 0. The number of carbonyl (C=O) groups excluding carboxylic acids is 2. The van der Waals surface area contributed by atoms with Crippen LogP contribution in [0, 0.1) is 0 Å². The van der Waals surface area contributed by atoms with Gasteiger partial charge in [-0.15, -0.1) is 17.9 Å². The van der Waals surface area contributed by atoms with E-state index in [9.17, 15) is 9.59 Å². The molecule has 0 spiro atoms. The van der Waals surface area contributed by atoms with Crippen LogP contribution < -0.4 is 10.6 Å². The number of esters is 1. The molecule has 20 heavy (non-hydrogen) atoms. The van der Waals surface area contributed by atoms with Gasteiger partial charge in [0, 0.05) is 17.5 Å². The molecule has 1 aromatic rings. The van der Waals surface area contributed by atoms with Crippen LogP contribution in [0.15, 0.2) is 18.0 Å². The van der Waals surface area contributed by atoms with Crippen LogP contribution in [-0.2, 0) is 9.53 Å². The van der Waals surface area contributed by atoms with Gasteiger partial charge in [-0.1, -0.05) is 6.08 Å². The molecule has 0 unspecified atom stereocenters. The van der Waals surface area contributed by atoms with Crippen molar-refractivity contribution in [2.45, 2.75) is 26.3 Å². The molecule has 0 atom stereocenters. The van der Waals surface area contributed by atoms with E-state index in [0.29, 0.717) is 11.7 Å². The molecule has 7 heteroatoms. The minimum Gasteiger partial charge on any atom is -0.451 e. The number of ether oxygens (including phenoxy) is 1. The van der Waals surface area contributed by atoms with Gasteiger partial charge in [-0.2, -0.15) is 0 Å². The van der Waals surface area contributed by atoms with Gasteiger partial charge in [0.1, 0.15) is 0 Å². The van der Waals surface area contributed by atoms with Crippen LogP contribution in [-0.4, -0.2) is 35.6 Å². The number of amides is 1.